The molecule has 1 saturated heterocycles. The molecular formula is C17H19F3N2O2. The number of carbonyl (C=O) groups excluding carboxylic acids is 2. The second-order valence-electron chi connectivity index (χ2n) is 6.39. The Morgan fingerprint density at radius 3 is 2.54 bits per heavy atom. The van der Waals surface area contributed by atoms with Gasteiger partial charge in [-0.2, -0.15) is 13.2 Å². The molecule has 1 fully saturated rings. The van der Waals surface area contributed by atoms with Gasteiger partial charge in [-0.25, -0.2) is 0 Å². The number of fused-ring (bicyclic) bond motifs is 2. The van der Waals surface area contributed by atoms with Crippen LogP contribution in [0.1, 0.15) is 31.2 Å². The van der Waals surface area contributed by atoms with Crippen molar-refractivity contribution in [2.75, 3.05) is 24.5 Å². The van der Waals surface area contributed by atoms with Crippen LogP contribution < -0.4 is 10.2 Å². The van der Waals surface area contributed by atoms with E-state index in [0.29, 0.717) is 31.6 Å². The van der Waals surface area contributed by atoms with E-state index in [9.17, 15) is 22.8 Å². The number of benzene rings is 1. The molecule has 7 heteroatoms. The first-order chi connectivity index (χ1) is 11.3. The third-order valence-electron chi connectivity index (χ3n) is 4.84. The van der Waals surface area contributed by atoms with E-state index in [0.717, 1.165) is 5.56 Å². The minimum Gasteiger partial charge on any atom is -0.317 e. The number of Topliss-reactive ketones (excluding diaryl/α,β-unsaturated/α-hetero) is 1. The average molecular weight is 340 g/mol. The molecule has 0 radical (unpaired) electrons. The van der Waals surface area contributed by atoms with Crippen LogP contribution >= 0.6 is 0 Å². The normalized spacial score (nSPS) is 19.6. The number of nitrogens with one attached hydrogen (secondary N) is 1. The fourth-order valence-electron chi connectivity index (χ4n) is 3.63. The molecule has 0 bridgehead atoms. The van der Waals surface area contributed by atoms with Gasteiger partial charge in [-0.3, -0.25) is 9.59 Å². The second kappa shape index (κ2) is 6.20. The number of halogens is 3. The van der Waals surface area contributed by atoms with Crippen LogP contribution in [0.15, 0.2) is 24.3 Å². The number of amides is 1. The fraction of sp³-hybridized carbons (Fsp3) is 0.529. The number of hydrogen-bond acceptors (Lipinski definition) is 3. The third kappa shape index (κ3) is 3.05. The van der Waals surface area contributed by atoms with Crippen LogP contribution in [0.3, 0.4) is 0 Å². The van der Waals surface area contributed by atoms with Crippen LogP contribution in [0.4, 0.5) is 18.9 Å². The molecule has 2 aliphatic heterocycles. The van der Waals surface area contributed by atoms with E-state index in [1.54, 1.807) is 12.1 Å². The molecule has 3 rings (SSSR count). The van der Waals surface area contributed by atoms with Crippen molar-refractivity contribution < 1.29 is 22.8 Å². The van der Waals surface area contributed by atoms with Crippen LogP contribution in [0.25, 0.3) is 0 Å². The summed E-state index contributed by atoms with van der Waals surface area (Å²) in [5.74, 6) is -0.730. The van der Waals surface area contributed by atoms with E-state index < -0.39 is 30.2 Å². The Bertz CT molecular complexity index is 651. The monoisotopic (exact) mass is 340 g/mol. The zero-order valence-corrected chi connectivity index (χ0v) is 13.2. The van der Waals surface area contributed by atoms with E-state index >= 15 is 0 Å². The van der Waals surface area contributed by atoms with Gasteiger partial charge in [0.2, 0.25) is 5.91 Å². The highest BCUT2D eigenvalue weighted by Gasteiger charge is 2.51. The van der Waals surface area contributed by atoms with Crippen LogP contribution in [-0.2, 0) is 15.0 Å². The van der Waals surface area contributed by atoms with E-state index in [1.807, 2.05) is 12.1 Å². The summed E-state index contributed by atoms with van der Waals surface area (Å²) >= 11 is 0. The average Bonchev–Trinajstić information content (AvgIpc) is 2.77. The Morgan fingerprint density at radius 2 is 1.88 bits per heavy atom. The lowest BCUT2D eigenvalue weighted by Gasteiger charge is -2.33. The van der Waals surface area contributed by atoms with Crippen LogP contribution in [0.2, 0.25) is 0 Å². The maximum Gasteiger partial charge on any atom is 0.389 e. The highest BCUT2D eigenvalue weighted by Crippen LogP contribution is 2.46. The number of carbonyl (C=O) groups is 2. The van der Waals surface area contributed by atoms with Crippen molar-refractivity contribution in [1.29, 1.82) is 0 Å². The molecule has 1 spiro atoms. The number of piperidine rings is 1. The van der Waals surface area contributed by atoms with Gasteiger partial charge >= 0.3 is 6.18 Å². The number of nitrogens with zero attached hydrogens (tertiary/aromatic N) is 1. The maximum atomic E-state index is 13.0. The predicted molar refractivity (Wildman–Crippen MR) is 82.9 cm³/mol. The molecule has 2 heterocycles. The molecule has 0 aromatic heterocycles. The van der Waals surface area contributed by atoms with Gasteiger partial charge in [-0.1, -0.05) is 18.2 Å². The molecule has 1 aromatic rings. The van der Waals surface area contributed by atoms with Crippen molar-refractivity contribution in [3.8, 4) is 0 Å². The summed E-state index contributed by atoms with van der Waals surface area (Å²) in [6, 6.07) is 7.28. The topological polar surface area (TPSA) is 49.4 Å². The van der Waals surface area contributed by atoms with E-state index in [4.69, 9.17) is 0 Å². The number of hydrogen-bond donors (Lipinski definition) is 1. The number of para-hydroxylation sites is 1. The minimum atomic E-state index is -4.36. The van der Waals surface area contributed by atoms with Crippen molar-refractivity contribution in [1.82, 2.24) is 5.32 Å². The molecule has 4 nitrogen and oxygen atoms in total. The quantitative estimate of drug-likeness (QED) is 0.916. The fourth-order valence-corrected chi connectivity index (χ4v) is 3.63. The lowest BCUT2D eigenvalue weighted by Crippen LogP contribution is -2.48. The summed E-state index contributed by atoms with van der Waals surface area (Å²) in [4.78, 5) is 26.3. The van der Waals surface area contributed by atoms with Crippen molar-refractivity contribution in [2.24, 2.45) is 0 Å². The van der Waals surface area contributed by atoms with Gasteiger partial charge in [0.1, 0.15) is 0 Å². The van der Waals surface area contributed by atoms with Gasteiger partial charge in [0.25, 0.3) is 0 Å². The maximum absolute atomic E-state index is 13.0. The van der Waals surface area contributed by atoms with Crippen LogP contribution in [-0.4, -0.2) is 37.5 Å². The molecular weight excluding hydrogens is 321 g/mol. The molecule has 130 valence electrons. The van der Waals surface area contributed by atoms with Gasteiger partial charge in [-0.05, 0) is 37.6 Å². The molecule has 24 heavy (non-hydrogen) atoms. The molecule has 0 atom stereocenters. The van der Waals surface area contributed by atoms with Crippen molar-refractivity contribution in [3.63, 3.8) is 0 Å². The van der Waals surface area contributed by atoms with E-state index in [-0.39, 0.29) is 12.5 Å². The lowest BCUT2D eigenvalue weighted by molar-refractivity contribution is -0.142. The second-order valence-corrected chi connectivity index (χ2v) is 6.39. The number of alkyl halides is 3. The third-order valence-corrected chi connectivity index (χ3v) is 4.84. The molecule has 0 unspecified atom stereocenters. The Morgan fingerprint density at radius 1 is 1.21 bits per heavy atom. The Hall–Kier alpha value is -1.89. The van der Waals surface area contributed by atoms with E-state index in [1.165, 1.54) is 4.90 Å². The summed E-state index contributed by atoms with van der Waals surface area (Å²) in [5, 5.41) is 3.22. The minimum absolute atomic E-state index is 0.162. The van der Waals surface area contributed by atoms with E-state index in [2.05, 4.69) is 5.32 Å². The molecule has 0 aliphatic carbocycles. The zero-order chi connectivity index (χ0) is 17.4. The predicted octanol–water partition coefficient (Wildman–Crippen LogP) is 2.57. The van der Waals surface area contributed by atoms with Crippen LogP contribution in [0.5, 0.6) is 0 Å². The lowest BCUT2D eigenvalue weighted by atomic mass is 9.74. The number of rotatable bonds is 4. The summed E-state index contributed by atoms with van der Waals surface area (Å²) in [5.41, 5.74) is 0.900. The van der Waals surface area contributed by atoms with Crippen molar-refractivity contribution in [3.05, 3.63) is 29.8 Å². The first kappa shape index (κ1) is 17.0. The number of ketones is 1. The Balaban J connectivity index is 1.82. The highest BCUT2D eigenvalue weighted by atomic mass is 19.4. The Labute approximate surface area is 138 Å². The standard InChI is InChI=1S/C17H19F3N2O2/c18-17(19,20)6-5-12(23)11-22-14-4-2-1-3-13(14)16(15(22)24)7-9-21-10-8-16/h1-4,21H,5-11H2. The van der Waals surface area contributed by atoms with Crippen LogP contribution in [0, 0.1) is 0 Å². The van der Waals surface area contributed by atoms with Gasteiger partial charge < -0.3 is 10.2 Å². The SMILES string of the molecule is O=C(CCC(F)(F)F)CN1C(=O)C2(CCNCC2)c2ccccc21. The van der Waals surface area contributed by atoms with Gasteiger partial charge in [-0.15, -0.1) is 0 Å². The summed E-state index contributed by atoms with van der Waals surface area (Å²) < 4.78 is 36.9. The Kier molecular flexibility index (Phi) is 4.38. The summed E-state index contributed by atoms with van der Waals surface area (Å²) in [7, 11) is 0. The zero-order valence-electron chi connectivity index (χ0n) is 13.2. The first-order valence-corrected chi connectivity index (χ1v) is 8.04. The van der Waals surface area contributed by atoms with Gasteiger partial charge in [0.05, 0.1) is 18.4 Å². The molecule has 1 amide bonds. The smallest absolute Gasteiger partial charge is 0.317 e. The first-order valence-electron chi connectivity index (χ1n) is 8.04. The summed E-state index contributed by atoms with van der Waals surface area (Å²) in [6.45, 7) is 1.12. The number of anilines is 1. The van der Waals surface area contributed by atoms with Crippen molar-refractivity contribution in [2.45, 2.75) is 37.3 Å². The van der Waals surface area contributed by atoms with Gasteiger partial charge in [0.15, 0.2) is 5.78 Å². The highest BCUT2D eigenvalue weighted by molar-refractivity contribution is 6.10. The van der Waals surface area contributed by atoms with Gasteiger partial charge in [0, 0.05) is 12.1 Å². The molecule has 1 aromatic carbocycles. The summed E-state index contributed by atoms with van der Waals surface area (Å²) in [6.07, 6.45) is -4.83. The molecule has 0 saturated carbocycles. The molecule has 1 N–H and O–H groups in total. The largest absolute Gasteiger partial charge is 0.389 e. The van der Waals surface area contributed by atoms with Crippen molar-refractivity contribution >= 4 is 17.4 Å². The molecule has 2 aliphatic rings.